The van der Waals surface area contributed by atoms with Crippen LogP contribution in [0.2, 0.25) is 0 Å². The average Bonchev–Trinajstić information content (AvgIpc) is 3.03. The van der Waals surface area contributed by atoms with E-state index >= 15 is 0 Å². The Labute approximate surface area is 120 Å². The SMILES string of the molecule is Cn1c(C2NCCc3sccc32)nc2cc(F)ccc21. The third-order valence-corrected chi connectivity index (χ3v) is 4.92. The molecular weight excluding hydrogens is 273 g/mol. The number of nitrogens with zero attached hydrogens (tertiary/aromatic N) is 2. The Hall–Kier alpha value is -1.72. The topological polar surface area (TPSA) is 29.9 Å². The fourth-order valence-electron chi connectivity index (χ4n) is 2.93. The molecule has 20 heavy (non-hydrogen) atoms. The van der Waals surface area contributed by atoms with Gasteiger partial charge in [-0.25, -0.2) is 9.37 Å². The van der Waals surface area contributed by atoms with Gasteiger partial charge in [0.15, 0.2) is 0 Å². The van der Waals surface area contributed by atoms with Crippen LogP contribution in [0.5, 0.6) is 0 Å². The van der Waals surface area contributed by atoms with Crippen LogP contribution in [0.25, 0.3) is 11.0 Å². The molecule has 5 heteroatoms. The summed E-state index contributed by atoms with van der Waals surface area (Å²) < 4.78 is 15.4. The van der Waals surface area contributed by atoms with Crippen molar-refractivity contribution in [3.8, 4) is 0 Å². The van der Waals surface area contributed by atoms with Gasteiger partial charge in [0.05, 0.1) is 17.1 Å². The molecule has 0 fully saturated rings. The Morgan fingerprint density at radius 1 is 1.40 bits per heavy atom. The van der Waals surface area contributed by atoms with Crippen LogP contribution in [0.3, 0.4) is 0 Å². The van der Waals surface area contributed by atoms with Gasteiger partial charge in [0.2, 0.25) is 0 Å². The highest BCUT2D eigenvalue weighted by Gasteiger charge is 2.26. The van der Waals surface area contributed by atoms with Crippen LogP contribution < -0.4 is 5.32 Å². The first-order chi connectivity index (χ1) is 9.74. The lowest BCUT2D eigenvalue weighted by atomic mass is 10.0. The smallest absolute Gasteiger partial charge is 0.131 e. The van der Waals surface area contributed by atoms with E-state index in [1.54, 1.807) is 17.4 Å². The zero-order valence-corrected chi connectivity index (χ0v) is 11.9. The van der Waals surface area contributed by atoms with Crippen LogP contribution >= 0.6 is 11.3 Å². The van der Waals surface area contributed by atoms with Crippen LogP contribution in [0.4, 0.5) is 4.39 Å². The lowest BCUT2D eigenvalue weighted by Gasteiger charge is -2.23. The number of fused-ring (bicyclic) bond motifs is 2. The van der Waals surface area contributed by atoms with Gasteiger partial charge in [-0.3, -0.25) is 0 Å². The van der Waals surface area contributed by atoms with Crippen LogP contribution in [-0.4, -0.2) is 16.1 Å². The predicted octanol–water partition coefficient (Wildman–Crippen LogP) is 3.01. The average molecular weight is 287 g/mol. The Bertz CT molecular complexity index is 790. The van der Waals surface area contributed by atoms with E-state index < -0.39 is 0 Å². The van der Waals surface area contributed by atoms with Gasteiger partial charge >= 0.3 is 0 Å². The highest BCUT2D eigenvalue weighted by Crippen LogP contribution is 2.32. The number of thiophene rings is 1. The third kappa shape index (κ3) is 1.70. The summed E-state index contributed by atoms with van der Waals surface area (Å²) in [5, 5.41) is 5.66. The van der Waals surface area contributed by atoms with E-state index in [9.17, 15) is 4.39 Å². The Balaban J connectivity index is 1.90. The minimum Gasteiger partial charge on any atom is -0.329 e. The van der Waals surface area contributed by atoms with E-state index in [4.69, 9.17) is 0 Å². The maximum Gasteiger partial charge on any atom is 0.131 e. The molecule has 1 aliphatic rings. The molecule has 2 aromatic heterocycles. The molecule has 1 unspecified atom stereocenters. The summed E-state index contributed by atoms with van der Waals surface area (Å²) in [5.74, 6) is 0.708. The number of benzene rings is 1. The summed E-state index contributed by atoms with van der Waals surface area (Å²) >= 11 is 1.80. The molecule has 0 saturated heterocycles. The molecular formula is C15H14FN3S. The molecule has 1 N–H and O–H groups in total. The van der Waals surface area contributed by atoms with E-state index in [1.807, 2.05) is 7.05 Å². The van der Waals surface area contributed by atoms with Crippen LogP contribution in [-0.2, 0) is 13.5 Å². The first-order valence-electron chi connectivity index (χ1n) is 6.65. The largest absolute Gasteiger partial charge is 0.329 e. The van der Waals surface area contributed by atoms with Gasteiger partial charge in [0.25, 0.3) is 0 Å². The number of rotatable bonds is 1. The molecule has 0 radical (unpaired) electrons. The quantitative estimate of drug-likeness (QED) is 0.745. The molecule has 1 aliphatic heterocycles. The summed E-state index contributed by atoms with van der Waals surface area (Å²) in [6.07, 6.45) is 1.07. The Morgan fingerprint density at radius 3 is 3.20 bits per heavy atom. The van der Waals surface area contributed by atoms with Gasteiger partial charge in [-0.15, -0.1) is 11.3 Å². The molecule has 3 aromatic rings. The Morgan fingerprint density at radius 2 is 2.30 bits per heavy atom. The highest BCUT2D eigenvalue weighted by atomic mass is 32.1. The molecule has 4 rings (SSSR count). The molecule has 3 nitrogen and oxygen atoms in total. The van der Waals surface area contributed by atoms with Crippen molar-refractivity contribution in [1.82, 2.24) is 14.9 Å². The fourth-order valence-corrected chi connectivity index (χ4v) is 3.85. The van der Waals surface area contributed by atoms with Crippen LogP contribution in [0.15, 0.2) is 29.6 Å². The van der Waals surface area contributed by atoms with E-state index in [2.05, 4.69) is 26.3 Å². The number of aromatic nitrogens is 2. The van der Waals surface area contributed by atoms with Gasteiger partial charge in [-0.2, -0.15) is 0 Å². The number of hydrogen-bond acceptors (Lipinski definition) is 3. The van der Waals surface area contributed by atoms with Crippen molar-refractivity contribution in [2.75, 3.05) is 6.54 Å². The Kier molecular flexibility index (Phi) is 2.65. The third-order valence-electron chi connectivity index (χ3n) is 3.93. The van der Waals surface area contributed by atoms with Gasteiger partial charge < -0.3 is 9.88 Å². The molecule has 0 spiro atoms. The van der Waals surface area contributed by atoms with Crippen molar-refractivity contribution in [1.29, 1.82) is 0 Å². The van der Waals surface area contributed by atoms with E-state index in [1.165, 1.54) is 22.6 Å². The second-order valence-corrected chi connectivity index (χ2v) is 6.10. The van der Waals surface area contributed by atoms with Crippen molar-refractivity contribution in [2.45, 2.75) is 12.5 Å². The second kappa shape index (κ2) is 4.40. The minimum atomic E-state index is -0.241. The summed E-state index contributed by atoms with van der Waals surface area (Å²) in [6, 6.07) is 7.04. The van der Waals surface area contributed by atoms with Gasteiger partial charge in [0.1, 0.15) is 11.6 Å². The molecule has 1 atom stereocenters. The second-order valence-electron chi connectivity index (χ2n) is 5.10. The van der Waals surface area contributed by atoms with Crippen LogP contribution in [0, 0.1) is 5.82 Å². The molecule has 0 saturated carbocycles. The van der Waals surface area contributed by atoms with Crippen molar-refractivity contribution < 1.29 is 4.39 Å². The maximum atomic E-state index is 13.3. The zero-order chi connectivity index (χ0) is 13.7. The van der Waals surface area contributed by atoms with Crippen molar-refractivity contribution in [3.05, 3.63) is 51.7 Å². The maximum absolute atomic E-state index is 13.3. The van der Waals surface area contributed by atoms with E-state index in [0.29, 0.717) is 5.52 Å². The number of imidazole rings is 1. The number of halogens is 1. The first-order valence-corrected chi connectivity index (χ1v) is 7.53. The summed E-state index contributed by atoms with van der Waals surface area (Å²) in [4.78, 5) is 6.06. The lowest BCUT2D eigenvalue weighted by Crippen LogP contribution is -2.31. The highest BCUT2D eigenvalue weighted by molar-refractivity contribution is 7.10. The van der Waals surface area contributed by atoms with E-state index in [0.717, 1.165) is 24.3 Å². The molecule has 1 aromatic carbocycles. The molecule has 0 bridgehead atoms. The zero-order valence-electron chi connectivity index (χ0n) is 11.1. The van der Waals surface area contributed by atoms with Crippen molar-refractivity contribution >= 4 is 22.4 Å². The van der Waals surface area contributed by atoms with E-state index in [-0.39, 0.29) is 11.9 Å². The monoisotopic (exact) mass is 287 g/mol. The normalized spacial score (nSPS) is 18.4. The van der Waals surface area contributed by atoms with Crippen LogP contribution in [0.1, 0.15) is 22.3 Å². The van der Waals surface area contributed by atoms with Crippen molar-refractivity contribution in [2.24, 2.45) is 7.05 Å². The summed E-state index contributed by atoms with van der Waals surface area (Å²) in [6.45, 7) is 0.954. The molecule has 0 aliphatic carbocycles. The molecule has 0 amide bonds. The van der Waals surface area contributed by atoms with Gasteiger partial charge in [-0.1, -0.05) is 0 Å². The number of aryl methyl sites for hydroxylation is 1. The van der Waals surface area contributed by atoms with Gasteiger partial charge in [-0.05, 0) is 35.6 Å². The standard InChI is InChI=1S/C15H14FN3S/c1-19-12-3-2-9(16)8-11(12)18-15(19)14-10-5-7-20-13(10)4-6-17-14/h2-3,5,7-8,14,17H,4,6H2,1H3. The van der Waals surface area contributed by atoms with Gasteiger partial charge in [0, 0.05) is 24.5 Å². The lowest BCUT2D eigenvalue weighted by molar-refractivity contribution is 0.538. The minimum absolute atomic E-state index is 0.102. The fraction of sp³-hybridized carbons (Fsp3) is 0.267. The number of hydrogen-bond donors (Lipinski definition) is 1. The summed E-state index contributed by atoms with van der Waals surface area (Å²) in [5.41, 5.74) is 2.98. The molecule has 102 valence electrons. The molecule has 3 heterocycles. The first kappa shape index (κ1) is 12.1. The van der Waals surface area contributed by atoms with Crippen molar-refractivity contribution in [3.63, 3.8) is 0 Å². The number of nitrogens with one attached hydrogen (secondary N) is 1. The predicted molar refractivity (Wildman–Crippen MR) is 78.5 cm³/mol. The summed E-state index contributed by atoms with van der Waals surface area (Å²) in [7, 11) is 1.99.